The molecule has 0 fully saturated rings. The van der Waals surface area contributed by atoms with Crippen LogP contribution in [0.5, 0.6) is 0 Å². The summed E-state index contributed by atoms with van der Waals surface area (Å²) in [4.78, 5) is 11.0. The van der Waals surface area contributed by atoms with Crippen molar-refractivity contribution in [1.29, 1.82) is 5.26 Å². The van der Waals surface area contributed by atoms with Crippen molar-refractivity contribution in [3.05, 3.63) is 34.1 Å². The van der Waals surface area contributed by atoms with Gasteiger partial charge in [0.2, 0.25) is 0 Å². The van der Waals surface area contributed by atoms with Gasteiger partial charge >= 0.3 is 5.97 Å². The molecule has 0 saturated carbocycles. The van der Waals surface area contributed by atoms with Crippen LogP contribution < -0.4 is 0 Å². The summed E-state index contributed by atoms with van der Waals surface area (Å²) in [6.45, 7) is 0. The van der Waals surface area contributed by atoms with Crippen LogP contribution in [0.15, 0.2) is 12.1 Å². The molecule has 0 N–H and O–H groups in total. The van der Waals surface area contributed by atoms with E-state index in [0.29, 0.717) is 0 Å². The van der Waals surface area contributed by atoms with E-state index in [-0.39, 0.29) is 22.6 Å². The van der Waals surface area contributed by atoms with E-state index in [1.807, 2.05) is 0 Å². The molecule has 0 aromatic heterocycles. The van der Waals surface area contributed by atoms with Crippen molar-refractivity contribution in [1.82, 2.24) is 0 Å². The lowest BCUT2D eigenvalue weighted by molar-refractivity contribution is -0.139. The zero-order valence-electron chi connectivity index (χ0n) is 7.88. The van der Waals surface area contributed by atoms with Crippen LogP contribution in [0, 0.1) is 17.1 Å². The van der Waals surface area contributed by atoms with Gasteiger partial charge in [-0.3, -0.25) is 4.79 Å². The Bertz CT molecular complexity index is 440. The first-order chi connectivity index (χ1) is 7.08. The van der Waals surface area contributed by atoms with E-state index < -0.39 is 11.8 Å². The third-order valence-corrected chi connectivity index (χ3v) is 2.24. The van der Waals surface area contributed by atoms with Crippen LogP contribution in [0.4, 0.5) is 4.39 Å². The highest BCUT2D eigenvalue weighted by molar-refractivity contribution is 6.32. The molecule has 0 amide bonds. The number of carbonyl (C=O) groups excluding carboxylic acids is 1. The van der Waals surface area contributed by atoms with Crippen LogP contribution in [0.25, 0.3) is 0 Å². The molecule has 1 aromatic carbocycles. The molecule has 0 heterocycles. The predicted octanol–water partition coefficient (Wildman–Crippen LogP) is 2.07. The molecule has 1 aromatic rings. The molecule has 0 bridgehead atoms. The number of rotatable bonds is 2. The van der Waals surface area contributed by atoms with Crippen molar-refractivity contribution in [3.8, 4) is 6.07 Å². The average molecular weight is 228 g/mol. The van der Waals surface area contributed by atoms with Crippen molar-refractivity contribution < 1.29 is 13.9 Å². The second-order valence-electron chi connectivity index (χ2n) is 2.79. The van der Waals surface area contributed by atoms with Crippen LogP contribution in [0.3, 0.4) is 0 Å². The Morgan fingerprint density at radius 1 is 1.67 bits per heavy atom. The largest absolute Gasteiger partial charge is 0.469 e. The molecule has 78 valence electrons. The first-order valence-electron chi connectivity index (χ1n) is 4.03. The molecule has 0 aliphatic carbocycles. The highest BCUT2D eigenvalue weighted by atomic mass is 35.5. The van der Waals surface area contributed by atoms with Crippen LogP contribution in [-0.2, 0) is 16.0 Å². The molecule has 1 rings (SSSR count). The molecule has 0 aliphatic rings. The predicted molar refractivity (Wildman–Crippen MR) is 51.8 cm³/mol. The van der Waals surface area contributed by atoms with Crippen LogP contribution >= 0.6 is 11.6 Å². The van der Waals surface area contributed by atoms with E-state index in [2.05, 4.69) is 4.74 Å². The van der Waals surface area contributed by atoms with E-state index in [0.717, 1.165) is 12.1 Å². The van der Waals surface area contributed by atoms with Crippen molar-refractivity contribution in [2.24, 2.45) is 0 Å². The van der Waals surface area contributed by atoms with Crippen molar-refractivity contribution in [2.75, 3.05) is 7.11 Å². The number of methoxy groups -OCH3 is 1. The normalized spacial score (nSPS) is 9.47. The lowest BCUT2D eigenvalue weighted by atomic mass is 10.1. The Balaban J connectivity index is 3.13. The van der Waals surface area contributed by atoms with E-state index in [1.54, 1.807) is 6.07 Å². The number of nitriles is 1. The van der Waals surface area contributed by atoms with Gasteiger partial charge in [0, 0.05) is 0 Å². The molecule has 3 nitrogen and oxygen atoms in total. The molecular formula is C10H7ClFNO2. The SMILES string of the molecule is COC(=O)Cc1cc(F)cc(C#N)c1Cl. The van der Waals surface area contributed by atoms with Gasteiger partial charge < -0.3 is 4.74 Å². The van der Waals surface area contributed by atoms with Gasteiger partial charge in [-0.05, 0) is 17.7 Å². The van der Waals surface area contributed by atoms with Gasteiger partial charge in [0.25, 0.3) is 0 Å². The van der Waals surface area contributed by atoms with E-state index in [9.17, 15) is 9.18 Å². The van der Waals surface area contributed by atoms with Gasteiger partial charge in [0.1, 0.15) is 11.9 Å². The number of halogens is 2. The summed E-state index contributed by atoms with van der Waals surface area (Å²) < 4.78 is 17.4. The van der Waals surface area contributed by atoms with Gasteiger partial charge in [-0.15, -0.1) is 0 Å². The van der Waals surface area contributed by atoms with Crippen LogP contribution in [-0.4, -0.2) is 13.1 Å². The maximum atomic E-state index is 13.0. The highest BCUT2D eigenvalue weighted by Gasteiger charge is 2.12. The Morgan fingerprint density at radius 3 is 2.87 bits per heavy atom. The van der Waals surface area contributed by atoms with E-state index in [1.165, 1.54) is 7.11 Å². The third kappa shape index (κ3) is 2.67. The fourth-order valence-corrected chi connectivity index (χ4v) is 1.30. The zero-order chi connectivity index (χ0) is 11.4. The average Bonchev–Trinajstić information content (AvgIpc) is 2.22. The number of carbonyl (C=O) groups is 1. The van der Waals surface area contributed by atoms with Crippen molar-refractivity contribution in [3.63, 3.8) is 0 Å². The van der Waals surface area contributed by atoms with Gasteiger partial charge in [-0.1, -0.05) is 11.6 Å². The fraction of sp³-hybridized carbons (Fsp3) is 0.200. The summed E-state index contributed by atoms with van der Waals surface area (Å²) >= 11 is 5.78. The monoisotopic (exact) mass is 227 g/mol. The molecule has 0 radical (unpaired) electrons. The Morgan fingerprint density at radius 2 is 2.33 bits per heavy atom. The second-order valence-corrected chi connectivity index (χ2v) is 3.17. The number of nitrogens with zero attached hydrogens (tertiary/aromatic N) is 1. The number of benzene rings is 1. The number of esters is 1. The second kappa shape index (κ2) is 4.76. The zero-order valence-corrected chi connectivity index (χ0v) is 8.64. The maximum absolute atomic E-state index is 13.0. The minimum Gasteiger partial charge on any atom is -0.469 e. The molecule has 0 aliphatic heterocycles. The first-order valence-corrected chi connectivity index (χ1v) is 4.41. The number of hydrogen-bond donors (Lipinski definition) is 0. The lowest BCUT2D eigenvalue weighted by Gasteiger charge is -2.04. The molecule has 0 saturated heterocycles. The fourth-order valence-electron chi connectivity index (χ4n) is 1.08. The Labute approximate surface area is 91.0 Å². The van der Waals surface area contributed by atoms with Crippen LogP contribution in [0.1, 0.15) is 11.1 Å². The summed E-state index contributed by atoms with van der Waals surface area (Å²) in [5.41, 5.74) is 0.260. The summed E-state index contributed by atoms with van der Waals surface area (Å²) in [6.07, 6.45) is -0.151. The van der Waals surface area contributed by atoms with Crippen LogP contribution in [0.2, 0.25) is 5.02 Å². The van der Waals surface area contributed by atoms with Gasteiger partial charge in [-0.2, -0.15) is 5.26 Å². The van der Waals surface area contributed by atoms with Gasteiger partial charge in [0.05, 0.1) is 24.1 Å². The van der Waals surface area contributed by atoms with Gasteiger partial charge in [0.15, 0.2) is 0 Å². The summed E-state index contributed by atoms with van der Waals surface area (Å²) in [5.74, 6) is -1.14. The standard InChI is InChI=1S/C10H7ClFNO2/c1-15-9(14)4-6-2-8(12)3-7(5-13)10(6)11/h2-3H,4H2,1H3. The lowest BCUT2D eigenvalue weighted by Crippen LogP contribution is -2.06. The summed E-state index contributed by atoms with van der Waals surface area (Å²) in [7, 11) is 1.22. The molecule has 15 heavy (non-hydrogen) atoms. The van der Waals surface area contributed by atoms with Crippen molar-refractivity contribution in [2.45, 2.75) is 6.42 Å². The number of hydrogen-bond acceptors (Lipinski definition) is 3. The Kier molecular flexibility index (Phi) is 3.64. The molecule has 5 heteroatoms. The van der Waals surface area contributed by atoms with E-state index >= 15 is 0 Å². The molecular weight excluding hydrogens is 221 g/mol. The molecule has 0 atom stereocenters. The maximum Gasteiger partial charge on any atom is 0.310 e. The third-order valence-electron chi connectivity index (χ3n) is 1.80. The minimum atomic E-state index is -0.602. The smallest absolute Gasteiger partial charge is 0.310 e. The molecule has 0 unspecified atom stereocenters. The first kappa shape index (κ1) is 11.5. The minimum absolute atomic E-state index is 0.00979. The quantitative estimate of drug-likeness (QED) is 0.727. The molecule has 0 spiro atoms. The summed E-state index contributed by atoms with van der Waals surface area (Å²) in [6, 6.07) is 3.87. The topological polar surface area (TPSA) is 50.1 Å². The number of ether oxygens (including phenoxy) is 1. The summed E-state index contributed by atoms with van der Waals surface area (Å²) in [5, 5.41) is 8.73. The van der Waals surface area contributed by atoms with Crippen molar-refractivity contribution >= 4 is 17.6 Å². The van der Waals surface area contributed by atoms with E-state index in [4.69, 9.17) is 16.9 Å². The Hall–Kier alpha value is -1.60. The highest BCUT2D eigenvalue weighted by Crippen LogP contribution is 2.22. The van der Waals surface area contributed by atoms with Gasteiger partial charge in [-0.25, -0.2) is 4.39 Å².